The third-order valence-electron chi connectivity index (χ3n) is 3.07. The predicted molar refractivity (Wildman–Crippen MR) is 92.2 cm³/mol. The van der Waals surface area contributed by atoms with Crippen molar-refractivity contribution in [2.75, 3.05) is 5.43 Å². The van der Waals surface area contributed by atoms with Gasteiger partial charge in [0.05, 0.1) is 11.9 Å². The van der Waals surface area contributed by atoms with Crippen molar-refractivity contribution in [1.29, 1.82) is 0 Å². The van der Waals surface area contributed by atoms with E-state index in [4.69, 9.17) is 4.84 Å². The minimum atomic E-state index is 0.803. The summed E-state index contributed by atoms with van der Waals surface area (Å²) in [6, 6.07) is 15.8. The fourth-order valence-corrected chi connectivity index (χ4v) is 2.01. The van der Waals surface area contributed by atoms with Gasteiger partial charge < -0.3 is 4.84 Å². The van der Waals surface area contributed by atoms with E-state index in [0.717, 1.165) is 17.0 Å². The molecular weight excluding hydrogens is 274 g/mol. The molecule has 4 heteroatoms. The maximum absolute atomic E-state index is 5.06. The van der Waals surface area contributed by atoms with Crippen molar-refractivity contribution in [3.63, 3.8) is 0 Å². The molecule has 0 saturated carbocycles. The average molecular weight is 289 g/mol. The molecule has 0 bridgehead atoms. The molecule has 0 aromatic heterocycles. The lowest BCUT2D eigenvalue weighted by atomic mass is 10.2. The molecule has 108 valence electrons. The lowest BCUT2D eigenvalue weighted by Crippen LogP contribution is -1.87. The van der Waals surface area contributed by atoms with Crippen molar-refractivity contribution in [2.45, 2.75) is 0 Å². The fraction of sp³-hybridized carbons (Fsp3) is 0. The summed E-state index contributed by atoms with van der Waals surface area (Å²) in [4.78, 5) is 5.06. The van der Waals surface area contributed by atoms with Crippen LogP contribution in [0.25, 0.3) is 12.2 Å². The van der Waals surface area contributed by atoms with Gasteiger partial charge in [0.2, 0.25) is 0 Å². The number of hydrogen-bond acceptors (Lipinski definition) is 4. The first-order valence-electron chi connectivity index (χ1n) is 6.94. The molecule has 22 heavy (non-hydrogen) atoms. The summed E-state index contributed by atoms with van der Waals surface area (Å²) in [5, 5.41) is 7.65. The Morgan fingerprint density at radius 3 is 2.45 bits per heavy atom. The lowest BCUT2D eigenvalue weighted by Gasteiger charge is -2.00. The monoisotopic (exact) mass is 289 g/mol. The van der Waals surface area contributed by atoms with Crippen LogP contribution in [0.15, 0.2) is 70.9 Å². The van der Waals surface area contributed by atoms with Crippen LogP contribution in [0.2, 0.25) is 0 Å². The number of para-hydroxylation sites is 2. The Labute approximate surface area is 129 Å². The zero-order valence-electron chi connectivity index (χ0n) is 11.9. The Kier molecular flexibility index (Phi) is 4.42. The molecule has 4 rings (SSSR count). The highest BCUT2D eigenvalue weighted by atomic mass is 16.6. The Balaban J connectivity index is 0.000000131. The van der Waals surface area contributed by atoms with Crippen LogP contribution in [-0.2, 0) is 0 Å². The quantitative estimate of drug-likeness (QED) is 0.790. The van der Waals surface area contributed by atoms with Gasteiger partial charge in [0.25, 0.3) is 0 Å². The van der Waals surface area contributed by atoms with Gasteiger partial charge in [-0.3, -0.25) is 5.43 Å². The summed E-state index contributed by atoms with van der Waals surface area (Å²) in [6.45, 7) is 0. The summed E-state index contributed by atoms with van der Waals surface area (Å²) >= 11 is 0. The molecule has 0 unspecified atom stereocenters. The number of benzene rings is 2. The van der Waals surface area contributed by atoms with Crippen LogP contribution in [0.3, 0.4) is 0 Å². The number of allylic oxidation sites excluding steroid dienone is 2. The normalized spacial score (nSPS) is 13.5. The molecule has 0 radical (unpaired) electrons. The number of nitrogens with zero attached hydrogens (tertiary/aromatic N) is 2. The number of nitrogens with one attached hydrogen (secondary N) is 1. The Morgan fingerprint density at radius 1 is 0.773 bits per heavy atom. The van der Waals surface area contributed by atoms with Crippen molar-refractivity contribution in [3.8, 4) is 5.75 Å². The van der Waals surface area contributed by atoms with E-state index in [1.54, 1.807) is 12.4 Å². The second-order valence-corrected chi connectivity index (χ2v) is 4.58. The van der Waals surface area contributed by atoms with Gasteiger partial charge in [0, 0.05) is 11.8 Å². The SMILES string of the molecule is C1=Cc2ccccc2NN=C1.C1=Cc2ccccc2ON=C1. The minimum absolute atomic E-state index is 0.803. The second-order valence-electron chi connectivity index (χ2n) is 4.58. The first-order chi connectivity index (χ1) is 10.9. The van der Waals surface area contributed by atoms with E-state index in [2.05, 4.69) is 15.7 Å². The number of hydrogen-bond donors (Lipinski definition) is 1. The Hall–Kier alpha value is -3.14. The van der Waals surface area contributed by atoms with Gasteiger partial charge in [-0.15, -0.1) is 0 Å². The highest BCUT2D eigenvalue weighted by Gasteiger charge is 1.99. The molecule has 2 aliphatic heterocycles. The van der Waals surface area contributed by atoms with Crippen molar-refractivity contribution < 1.29 is 4.84 Å². The topological polar surface area (TPSA) is 46.0 Å². The molecule has 0 atom stereocenters. The van der Waals surface area contributed by atoms with Crippen LogP contribution < -0.4 is 10.3 Å². The highest BCUT2D eigenvalue weighted by Crippen LogP contribution is 2.20. The standard InChI is InChI=1S/C9H8N2.C9H7NO/c2*1-2-6-9-8(4-1)5-3-7-10-11-9/h1-7,11H;1-7H. The molecule has 0 amide bonds. The summed E-state index contributed by atoms with van der Waals surface area (Å²) in [7, 11) is 0. The van der Waals surface area contributed by atoms with Crippen LogP contribution in [-0.4, -0.2) is 12.4 Å². The largest absolute Gasteiger partial charge is 0.356 e. The molecular formula is C18H15N3O. The van der Waals surface area contributed by atoms with Gasteiger partial charge in [-0.05, 0) is 35.9 Å². The number of hydrazone groups is 1. The third kappa shape index (κ3) is 3.49. The smallest absolute Gasteiger partial charge is 0.165 e. The van der Waals surface area contributed by atoms with Gasteiger partial charge in [-0.1, -0.05) is 47.6 Å². The van der Waals surface area contributed by atoms with Gasteiger partial charge >= 0.3 is 0 Å². The van der Waals surface area contributed by atoms with Crippen molar-refractivity contribution >= 4 is 30.3 Å². The summed E-state index contributed by atoms with van der Waals surface area (Å²) in [5.41, 5.74) is 6.22. The fourth-order valence-electron chi connectivity index (χ4n) is 2.01. The minimum Gasteiger partial charge on any atom is -0.356 e. The van der Waals surface area contributed by atoms with E-state index in [-0.39, 0.29) is 0 Å². The molecule has 0 aliphatic carbocycles. The zero-order valence-corrected chi connectivity index (χ0v) is 11.9. The first kappa shape index (κ1) is 13.8. The predicted octanol–water partition coefficient (Wildman–Crippen LogP) is 4.19. The molecule has 2 aliphatic rings. The first-order valence-corrected chi connectivity index (χ1v) is 6.94. The van der Waals surface area contributed by atoms with Crippen LogP contribution in [0.5, 0.6) is 5.75 Å². The van der Waals surface area contributed by atoms with Crippen LogP contribution >= 0.6 is 0 Å². The van der Waals surface area contributed by atoms with Gasteiger partial charge in [-0.25, -0.2) is 0 Å². The van der Waals surface area contributed by atoms with Crippen molar-refractivity contribution in [2.24, 2.45) is 10.3 Å². The highest BCUT2D eigenvalue weighted by molar-refractivity contribution is 5.83. The van der Waals surface area contributed by atoms with Gasteiger partial charge in [-0.2, -0.15) is 5.10 Å². The van der Waals surface area contributed by atoms with Gasteiger partial charge in [0.15, 0.2) is 5.75 Å². The summed E-state index contributed by atoms with van der Waals surface area (Å²) in [5.74, 6) is 0.803. The summed E-state index contributed by atoms with van der Waals surface area (Å²) < 4.78 is 0. The van der Waals surface area contributed by atoms with E-state index in [1.165, 1.54) is 5.56 Å². The average Bonchev–Trinajstić information content (AvgIpc) is 2.95. The Bertz CT molecular complexity index is 695. The second kappa shape index (κ2) is 7.04. The molecule has 4 nitrogen and oxygen atoms in total. The van der Waals surface area contributed by atoms with E-state index in [1.807, 2.05) is 72.8 Å². The van der Waals surface area contributed by atoms with E-state index in [9.17, 15) is 0 Å². The van der Waals surface area contributed by atoms with Crippen LogP contribution in [0, 0.1) is 0 Å². The van der Waals surface area contributed by atoms with Crippen LogP contribution in [0.4, 0.5) is 5.69 Å². The van der Waals surface area contributed by atoms with E-state index < -0.39 is 0 Å². The van der Waals surface area contributed by atoms with Crippen LogP contribution in [0.1, 0.15) is 11.1 Å². The molecule has 0 saturated heterocycles. The maximum atomic E-state index is 5.06. The third-order valence-corrected chi connectivity index (χ3v) is 3.07. The summed E-state index contributed by atoms with van der Waals surface area (Å²) in [6.07, 6.45) is 11.1. The Morgan fingerprint density at radius 2 is 1.50 bits per heavy atom. The maximum Gasteiger partial charge on any atom is 0.165 e. The molecule has 1 N–H and O–H groups in total. The van der Waals surface area contributed by atoms with E-state index >= 15 is 0 Å². The number of anilines is 1. The number of fused-ring (bicyclic) bond motifs is 2. The van der Waals surface area contributed by atoms with Gasteiger partial charge in [0.1, 0.15) is 0 Å². The lowest BCUT2D eigenvalue weighted by molar-refractivity contribution is 0.344. The molecule has 2 aromatic rings. The van der Waals surface area contributed by atoms with E-state index in [0.29, 0.717) is 0 Å². The molecule has 0 fully saturated rings. The molecule has 2 heterocycles. The number of oxime groups is 1. The van der Waals surface area contributed by atoms with Crippen molar-refractivity contribution in [1.82, 2.24) is 0 Å². The molecule has 0 spiro atoms. The molecule has 2 aromatic carbocycles. The number of rotatable bonds is 0. The zero-order chi connectivity index (χ0) is 15.0. The van der Waals surface area contributed by atoms with Crippen molar-refractivity contribution in [3.05, 3.63) is 71.8 Å².